The van der Waals surface area contributed by atoms with Gasteiger partial charge in [0.1, 0.15) is 6.04 Å². The molecule has 0 saturated carbocycles. The summed E-state index contributed by atoms with van der Waals surface area (Å²) in [5, 5.41) is 3.20. The fourth-order valence-corrected chi connectivity index (χ4v) is 5.31. The van der Waals surface area contributed by atoms with E-state index in [1.165, 1.54) is 18.2 Å². The minimum atomic E-state index is -3.79. The molecule has 170 valence electrons. The van der Waals surface area contributed by atoms with E-state index in [-0.39, 0.29) is 11.3 Å². The molecule has 0 aliphatic heterocycles. The first-order valence-corrected chi connectivity index (χ1v) is 13.7. The van der Waals surface area contributed by atoms with E-state index in [1.54, 1.807) is 45.0 Å². The maximum atomic E-state index is 13.1. The van der Waals surface area contributed by atoms with Gasteiger partial charge in [-0.15, -0.1) is 0 Å². The molecule has 0 heterocycles. The predicted octanol–water partition coefficient (Wildman–Crippen LogP) is 3.47. The minimum absolute atomic E-state index is 0.181. The van der Waals surface area contributed by atoms with Crippen LogP contribution in [0, 0.1) is 6.92 Å². The molecule has 2 rings (SSSR count). The maximum Gasteiger partial charge on any atom is 0.244 e. The number of rotatable bonds is 8. The number of sulfonamides is 1. The zero-order chi connectivity index (χ0) is 23.6. The van der Waals surface area contributed by atoms with Gasteiger partial charge in [-0.1, -0.05) is 36.7 Å². The Kier molecular flexibility index (Phi) is 7.78. The van der Waals surface area contributed by atoms with E-state index in [0.29, 0.717) is 21.8 Å². The first kappa shape index (κ1) is 25.2. The summed E-state index contributed by atoms with van der Waals surface area (Å²) in [5.74, 6) is -0.466. The number of sulfone groups is 1. The zero-order valence-corrected chi connectivity index (χ0v) is 20.5. The Labute approximate surface area is 189 Å². The van der Waals surface area contributed by atoms with Crippen LogP contribution in [0.25, 0.3) is 0 Å². The molecule has 2 aromatic rings. The summed E-state index contributed by atoms with van der Waals surface area (Å²) >= 11 is 6.08. The van der Waals surface area contributed by atoms with Crippen molar-refractivity contribution in [3.63, 3.8) is 0 Å². The average Bonchev–Trinajstić information content (AvgIpc) is 2.66. The number of amides is 1. The van der Waals surface area contributed by atoms with Crippen molar-refractivity contribution < 1.29 is 21.6 Å². The lowest BCUT2D eigenvalue weighted by Gasteiger charge is -2.32. The molecule has 0 fully saturated rings. The van der Waals surface area contributed by atoms with Crippen molar-refractivity contribution in [2.75, 3.05) is 16.8 Å². The first-order chi connectivity index (χ1) is 14.3. The van der Waals surface area contributed by atoms with Crippen LogP contribution in [-0.4, -0.2) is 41.3 Å². The van der Waals surface area contributed by atoms with Crippen LogP contribution < -0.4 is 9.62 Å². The van der Waals surface area contributed by atoms with E-state index in [4.69, 9.17) is 11.6 Å². The van der Waals surface area contributed by atoms with E-state index in [9.17, 15) is 21.6 Å². The molecule has 10 heteroatoms. The molecule has 1 N–H and O–H groups in total. The predicted molar refractivity (Wildman–Crippen MR) is 124 cm³/mol. The molecule has 31 heavy (non-hydrogen) atoms. The monoisotopic (exact) mass is 486 g/mol. The van der Waals surface area contributed by atoms with Crippen molar-refractivity contribution in [1.29, 1.82) is 0 Å². The van der Waals surface area contributed by atoms with E-state index >= 15 is 0 Å². The van der Waals surface area contributed by atoms with Crippen LogP contribution >= 0.6 is 11.6 Å². The molecule has 0 aromatic heterocycles. The fraction of sp³-hybridized carbons (Fsp3) is 0.381. The first-order valence-electron chi connectivity index (χ1n) is 9.61. The number of benzene rings is 2. The van der Waals surface area contributed by atoms with Gasteiger partial charge in [-0.25, -0.2) is 16.8 Å². The summed E-state index contributed by atoms with van der Waals surface area (Å²) in [7, 11) is -7.11. The van der Waals surface area contributed by atoms with Crippen LogP contribution in [0.2, 0.25) is 5.02 Å². The third kappa shape index (κ3) is 6.21. The second kappa shape index (κ2) is 9.58. The van der Waals surface area contributed by atoms with Crippen LogP contribution in [0.5, 0.6) is 0 Å². The largest absolute Gasteiger partial charge is 0.348 e. The van der Waals surface area contributed by atoms with Gasteiger partial charge in [0.05, 0.1) is 22.9 Å². The van der Waals surface area contributed by atoms with E-state index in [2.05, 4.69) is 5.32 Å². The minimum Gasteiger partial charge on any atom is -0.348 e. The Hall–Kier alpha value is -2.10. The number of anilines is 1. The van der Waals surface area contributed by atoms with Crippen LogP contribution in [0.4, 0.5) is 5.69 Å². The third-order valence-electron chi connectivity index (χ3n) is 4.91. The number of hydrogen-bond donors (Lipinski definition) is 1. The van der Waals surface area contributed by atoms with Crippen molar-refractivity contribution in [3.8, 4) is 0 Å². The molecular formula is C21H27ClN2O5S2. The number of hydrogen-bond acceptors (Lipinski definition) is 5. The smallest absolute Gasteiger partial charge is 0.244 e. The lowest BCUT2D eigenvalue weighted by molar-refractivity contribution is -0.122. The van der Waals surface area contributed by atoms with Gasteiger partial charge < -0.3 is 5.32 Å². The highest BCUT2D eigenvalue weighted by Crippen LogP contribution is 2.29. The summed E-state index contributed by atoms with van der Waals surface area (Å²) in [6, 6.07) is 9.64. The molecule has 2 atom stereocenters. The molecule has 0 radical (unpaired) electrons. The van der Waals surface area contributed by atoms with Crippen LogP contribution in [0.1, 0.15) is 37.4 Å². The molecule has 0 bridgehead atoms. The van der Waals surface area contributed by atoms with Crippen LogP contribution in [-0.2, 0) is 24.7 Å². The van der Waals surface area contributed by atoms with Gasteiger partial charge in [-0.2, -0.15) is 0 Å². The number of aryl methyl sites for hydroxylation is 1. The van der Waals surface area contributed by atoms with Crippen LogP contribution in [0.15, 0.2) is 47.4 Å². The summed E-state index contributed by atoms with van der Waals surface area (Å²) in [5.41, 5.74) is 1.72. The standard InChI is InChI=1S/C21H27ClN2O5S2/c1-6-19(24(31(5,28)29)20-13-17(22)10-7-14(20)2)21(25)23-15(3)16-8-11-18(12-9-16)30(4,26)27/h7-13,15,19H,6H2,1-5H3,(H,23,25)/t15-,19+/m1/s1. The number of carbonyl (C=O) groups is 1. The normalized spacial score (nSPS) is 14.0. The van der Waals surface area contributed by atoms with Gasteiger partial charge in [0.25, 0.3) is 0 Å². The van der Waals surface area contributed by atoms with Gasteiger partial charge in [0.15, 0.2) is 9.84 Å². The van der Waals surface area contributed by atoms with Gasteiger partial charge in [0, 0.05) is 11.3 Å². The molecule has 2 aromatic carbocycles. The quantitative estimate of drug-likeness (QED) is 0.615. The van der Waals surface area contributed by atoms with Gasteiger partial charge >= 0.3 is 0 Å². The number of nitrogens with one attached hydrogen (secondary N) is 1. The van der Waals surface area contributed by atoms with Crippen molar-refractivity contribution in [2.24, 2.45) is 0 Å². The van der Waals surface area contributed by atoms with Crippen molar-refractivity contribution >= 4 is 43.1 Å². The van der Waals surface area contributed by atoms with Gasteiger partial charge in [-0.3, -0.25) is 9.10 Å². The topological polar surface area (TPSA) is 101 Å². The number of carbonyl (C=O) groups excluding carboxylic acids is 1. The van der Waals surface area contributed by atoms with E-state index in [0.717, 1.165) is 16.8 Å². The van der Waals surface area contributed by atoms with Crippen molar-refractivity contribution in [1.82, 2.24) is 5.32 Å². The lowest BCUT2D eigenvalue weighted by Crippen LogP contribution is -2.50. The van der Waals surface area contributed by atoms with E-state index in [1.807, 2.05) is 0 Å². The second-order valence-electron chi connectivity index (χ2n) is 7.49. The second-order valence-corrected chi connectivity index (χ2v) is 11.8. The van der Waals surface area contributed by atoms with Crippen molar-refractivity contribution in [3.05, 3.63) is 58.6 Å². The van der Waals surface area contributed by atoms with Crippen molar-refractivity contribution in [2.45, 2.75) is 44.2 Å². The van der Waals surface area contributed by atoms with Gasteiger partial charge in [-0.05, 0) is 55.7 Å². The highest BCUT2D eigenvalue weighted by molar-refractivity contribution is 7.92. The molecule has 7 nitrogen and oxygen atoms in total. The summed E-state index contributed by atoms with van der Waals surface area (Å²) in [6.07, 6.45) is 2.41. The Balaban J connectivity index is 2.34. The summed E-state index contributed by atoms with van der Waals surface area (Å²) < 4.78 is 49.6. The summed E-state index contributed by atoms with van der Waals surface area (Å²) in [4.78, 5) is 13.3. The molecule has 0 aliphatic rings. The molecule has 1 amide bonds. The highest BCUT2D eigenvalue weighted by atomic mass is 35.5. The fourth-order valence-electron chi connectivity index (χ4n) is 3.25. The van der Waals surface area contributed by atoms with Crippen LogP contribution in [0.3, 0.4) is 0 Å². The highest BCUT2D eigenvalue weighted by Gasteiger charge is 2.33. The SMILES string of the molecule is CC[C@@H](C(=O)N[C@H](C)c1ccc(S(C)(=O)=O)cc1)N(c1cc(Cl)ccc1C)S(C)(=O)=O. The number of nitrogens with zero attached hydrogens (tertiary/aromatic N) is 1. The maximum absolute atomic E-state index is 13.1. The molecule has 0 unspecified atom stereocenters. The van der Waals surface area contributed by atoms with E-state index < -0.39 is 37.9 Å². The zero-order valence-electron chi connectivity index (χ0n) is 18.1. The molecule has 0 saturated heterocycles. The number of halogens is 1. The Morgan fingerprint density at radius 2 is 1.65 bits per heavy atom. The summed E-state index contributed by atoms with van der Waals surface area (Å²) in [6.45, 7) is 5.23. The third-order valence-corrected chi connectivity index (χ3v) is 7.43. The van der Waals surface area contributed by atoms with Gasteiger partial charge in [0.2, 0.25) is 15.9 Å². The molecule has 0 spiro atoms. The Morgan fingerprint density at radius 3 is 2.13 bits per heavy atom. The lowest BCUT2D eigenvalue weighted by atomic mass is 10.1. The average molecular weight is 487 g/mol. The Bertz CT molecular complexity index is 1160. The molecule has 0 aliphatic carbocycles. The Morgan fingerprint density at radius 1 is 1.06 bits per heavy atom. The molecular weight excluding hydrogens is 460 g/mol.